The van der Waals surface area contributed by atoms with Crippen molar-refractivity contribution in [3.63, 3.8) is 0 Å². The van der Waals surface area contributed by atoms with Gasteiger partial charge in [0.15, 0.2) is 0 Å². The van der Waals surface area contributed by atoms with Gasteiger partial charge in [0.05, 0.1) is 0 Å². The second kappa shape index (κ2) is 4.74. The number of hydrogen-bond acceptors (Lipinski definition) is 1. The number of allylic oxidation sites excluding steroid dienone is 5. The summed E-state index contributed by atoms with van der Waals surface area (Å²) in [5.41, 5.74) is 3.69. The number of halogens is 3. The lowest BCUT2D eigenvalue weighted by Gasteiger charge is -2.08. The fraction of sp³-hybridized carbons (Fsp3) is 0.333. The third-order valence-corrected chi connectivity index (χ3v) is 1.37. The summed E-state index contributed by atoms with van der Waals surface area (Å²) < 4.78 is 36.1. The average Bonchev–Trinajstić information content (AvgIpc) is 2.04. The van der Waals surface area contributed by atoms with E-state index in [2.05, 4.69) is 6.58 Å². The maximum atomic E-state index is 12.0. The van der Waals surface area contributed by atoms with Gasteiger partial charge in [-0.2, -0.15) is 13.2 Å². The van der Waals surface area contributed by atoms with E-state index in [-0.39, 0.29) is 5.57 Å². The standard InChI is InChI=1S/C9H12F3N/c1-3-5-6-7(4-2)8(13)9(10,11)12/h4-6H,2-3,13H2,1H3/b6-5-,8-7+. The van der Waals surface area contributed by atoms with Crippen molar-refractivity contribution >= 4 is 0 Å². The Kier molecular flexibility index (Phi) is 4.31. The molecule has 0 aliphatic rings. The van der Waals surface area contributed by atoms with Crippen LogP contribution in [0.15, 0.2) is 36.1 Å². The molecule has 0 aromatic rings. The predicted molar refractivity (Wildman–Crippen MR) is 46.9 cm³/mol. The molecule has 0 radical (unpaired) electrons. The van der Waals surface area contributed by atoms with Crippen LogP contribution in [0, 0.1) is 0 Å². The Morgan fingerprint density at radius 1 is 1.46 bits per heavy atom. The highest BCUT2D eigenvalue weighted by atomic mass is 19.4. The van der Waals surface area contributed by atoms with Gasteiger partial charge in [0, 0.05) is 5.57 Å². The lowest BCUT2D eigenvalue weighted by Crippen LogP contribution is -2.20. The van der Waals surface area contributed by atoms with E-state index in [0.717, 1.165) is 6.08 Å². The van der Waals surface area contributed by atoms with Gasteiger partial charge < -0.3 is 5.73 Å². The highest BCUT2D eigenvalue weighted by Gasteiger charge is 2.32. The van der Waals surface area contributed by atoms with Gasteiger partial charge in [0.1, 0.15) is 5.70 Å². The maximum absolute atomic E-state index is 12.0. The molecule has 0 saturated heterocycles. The van der Waals surface area contributed by atoms with Crippen LogP contribution in [0.4, 0.5) is 13.2 Å². The zero-order valence-electron chi connectivity index (χ0n) is 7.36. The molecular formula is C9H12F3N. The molecule has 0 aliphatic heterocycles. The molecule has 0 rings (SSSR count). The first kappa shape index (κ1) is 11.8. The van der Waals surface area contributed by atoms with Gasteiger partial charge in [-0.1, -0.05) is 31.7 Å². The summed E-state index contributed by atoms with van der Waals surface area (Å²) >= 11 is 0. The van der Waals surface area contributed by atoms with Crippen LogP contribution in [-0.2, 0) is 0 Å². The molecule has 0 aliphatic carbocycles. The summed E-state index contributed by atoms with van der Waals surface area (Å²) in [6.45, 7) is 5.08. The molecule has 13 heavy (non-hydrogen) atoms. The number of alkyl halides is 3. The van der Waals surface area contributed by atoms with Crippen molar-refractivity contribution in [1.82, 2.24) is 0 Å². The lowest BCUT2D eigenvalue weighted by molar-refractivity contribution is -0.0931. The Hall–Kier alpha value is -1.19. The molecule has 74 valence electrons. The summed E-state index contributed by atoms with van der Waals surface area (Å²) in [7, 11) is 0. The first-order valence-electron chi connectivity index (χ1n) is 3.79. The topological polar surface area (TPSA) is 26.0 Å². The van der Waals surface area contributed by atoms with Crippen LogP contribution in [-0.4, -0.2) is 6.18 Å². The van der Waals surface area contributed by atoms with Crippen molar-refractivity contribution < 1.29 is 13.2 Å². The van der Waals surface area contributed by atoms with Gasteiger partial charge in [0.2, 0.25) is 0 Å². The van der Waals surface area contributed by atoms with E-state index in [0.29, 0.717) is 6.42 Å². The predicted octanol–water partition coefficient (Wildman–Crippen LogP) is 2.91. The van der Waals surface area contributed by atoms with Gasteiger partial charge in [-0.25, -0.2) is 0 Å². The van der Waals surface area contributed by atoms with E-state index in [1.54, 1.807) is 6.08 Å². The van der Waals surface area contributed by atoms with Crippen molar-refractivity contribution in [3.05, 3.63) is 36.1 Å². The first-order chi connectivity index (χ1) is 5.93. The van der Waals surface area contributed by atoms with Crippen LogP contribution in [0.2, 0.25) is 0 Å². The second-order valence-corrected chi connectivity index (χ2v) is 2.38. The van der Waals surface area contributed by atoms with E-state index in [4.69, 9.17) is 5.73 Å². The van der Waals surface area contributed by atoms with Gasteiger partial charge in [-0.3, -0.25) is 0 Å². The van der Waals surface area contributed by atoms with Gasteiger partial charge in [0.25, 0.3) is 0 Å². The molecule has 0 spiro atoms. The zero-order chi connectivity index (χ0) is 10.5. The maximum Gasteiger partial charge on any atom is 0.431 e. The van der Waals surface area contributed by atoms with Crippen molar-refractivity contribution in [2.75, 3.05) is 0 Å². The monoisotopic (exact) mass is 191 g/mol. The fourth-order valence-corrected chi connectivity index (χ4v) is 0.676. The normalized spacial score (nSPS) is 14.5. The molecule has 0 unspecified atom stereocenters. The Morgan fingerprint density at radius 3 is 2.31 bits per heavy atom. The summed E-state index contributed by atoms with van der Waals surface area (Å²) in [5.74, 6) is 0. The summed E-state index contributed by atoms with van der Waals surface area (Å²) in [6, 6.07) is 0. The van der Waals surface area contributed by atoms with E-state index >= 15 is 0 Å². The Balaban J connectivity index is 4.91. The third kappa shape index (κ3) is 3.83. The van der Waals surface area contributed by atoms with Crippen LogP contribution in [0.3, 0.4) is 0 Å². The molecule has 0 atom stereocenters. The fourth-order valence-electron chi connectivity index (χ4n) is 0.676. The van der Waals surface area contributed by atoms with E-state index in [1.165, 1.54) is 6.08 Å². The molecule has 2 N–H and O–H groups in total. The summed E-state index contributed by atoms with van der Waals surface area (Å²) in [4.78, 5) is 0. The molecule has 0 fully saturated rings. The molecule has 0 aromatic heterocycles. The Morgan fingerprint density at radius 2 is 2.00 bits per heavy atom. The van der Waals surface area contributed by atoms with Gasteiger partial charge >= 0.3 is 6.18 Å². The highest BCUT2D eigenvalue weighted by Crippen LogP contribution is 2.24. The lowest BCUT2D eigenvalue weighted by atomic mass is 10.1. The minimum Gasteiger partial charge on any atom is -0.394 e. The number of rotatable bonds is 3. The molecule has 0 heterocycles. The molecule has 0 saturated carbocycles. The second-order valence-electron chi connectivity index (χ2n) is 2.38. The largest absolute Gasteiger partial charge is 0.431 e. The number of nitrogens with two attached hydrogens (primary N) is 1. The van der Waals surface area contributed by atoms with Crippen LogP contribution in [0.25, 0.3) is 0 Å². The highest BCUT2D eigenvalue weighted by molar-refractivity contribution is 5.35. The number of hydrogen-bond donors (Lipinski definition) is 1. The minimum atomic E-state index is -4.48. The molecule has 4 heteroatoms. The van der Waals surface area contributed by atoms with Crippen LogP contribution < -0.4 is 5.73 Å². The molecule has 0 amide bonds. The zero-order valence-corrected chi connectivity index (χ0v) is 7.36. The quantitative estimate of drug-likeness (QED) is 0.682. The molecular weight excluding hydrogens is 179 g/mol. The molecule has 0 bridgehead atoms. The SMILES string of the molecule is C=CC(/C=C\CC)=C(\N)C(F)(F)F. The van der Waals surface area contributed by atoms with Crippen molar-refractivity contribution in [1.29, 1.82) is 0 Å². The van der Waals surface area contributed by atoms with E-state index < -0.39 is 11.9 Å². The summed E-state index contributed by atoms with van der Waals surface area (Å²) in [6.07, 6.45) is 0.171. The molecule has 1 nitrogen and oxygen atoms in total. The van der Waals surface area contributed by atoms with Crippen LogP contribution in [0.1, 0.15) is 13.3 Å². The van der Waals surface area contributed by atoms with Crippen LogP contribution >= 0.6 is 0 Å². The third-order valence-electron chi connectivity index (χ3n) is 1.37. The molecule has 0 aromatic carbocycles. The minimum absolute atomic E-state index is 0.0886. The first-order valence-corrected chi connectivity index (χ1v) is 3.79. The average molecular weight is 191 g/mol. The smallest absolute Gasteiger partial charge is 0.394 e. The van der Waals surface area contributed by atoms with Crippen molar-refractivity contribution in [2.45, 2.75) is 19.5 Å². The van der Waals surface area contributed by atoms with E-state index in [1.807, 2.05) is 6.92 Å². The van der Waals surface area contributed by atoms with Crippen molar-refractivity contribution in [3.8, 4) is 0 Å². The van der Waals surface area contributed by atoms with Gasteiger partial charge in [-0.15, -0.1) is 0 Å². The van der Waals surface area contributed by atoms with Crippen molar-refractivity contribution in [2.24, 2.45) is 5.73 Å². The Labute approximate surface area is 75.4 Å². The van der Waals surface area contributed by atoms with E-state index in [9.17, 15) is 13.2 Å². The summed E-state index contributed by atoms with van der Waals surface area (Å²) in [5, 5.41) is 0. The van der Waals surface area contributed by atoms with Crippen LogP contribution in [0.5, 0.6) is 0 Å². The van der Waals surface area contributed by atoms with Gasteiger partial charge in [-0.05, 0) is 6.42 Å². The Bertz CT molecular complexity index is 236.